The van der Waals surface area contributed by atoms with Crippen molar-refractivity contribution in [3.05, 3.63) is 39.9 Å². The molecule has 2 aromatic rings. The second-order valence-corrected chi connectivity index (χ2v) is 5.42. The molecule has 1 aliphatic carbocycles. The van der Waals surface area contributed by atoms with E-state index < -0.39 is 0 Å². The van der Waals surface area contributed by atoms with Crippen LogP contribution < -0.4 is 5.32 Å². The summed E-state index contributed by atoms with van der Waals surface area (Å²) in [6.45, 7) is 3.08. The molecule has 0 amide bonds. The lowest BCUT2D eigenvalue weighted by molar-refractivity contribution is 0.942. The van der Waals surface area contributed by atoms with E-state index in [4.69, 9.17) is 0 Å². The number of aromatic nitrogens is 2. The molecular formula is C14H14BrN3. The number of rotatable bonds is 3. The molecule has 0 aliphatic heterocycles. The van der Waals surface area contributed by atoms with Crippen LogP contribution in [0, 0.1) is 0 Å². The van der Waals surface area contributed by atoms with E-state index in [9.17, 15) is 0 Å². The van der Waals surface area contributed by atoms with E-state index in [0.29, 0.717) is 0 Å². The average Bonchev–Trinajstić information content (AvgIpc) is 2.72. The number of fused-ring (bicyclic) bond motifs is 3. The second-order valence-electron chi connectivity index (χ2n) is 4.51. The first-order valence-electron chi connectivity index (χ1n) is 6.17. The van der Waals surface area contributed by atoms with Crippen molar-refractivity contribution in [2.45, 2.75) is 19.8 Å². The molecular weight excluding hydrogens is 290 g/mol. The first kappa shape index (κ1) is 11.7. The molecule has 0 atom stereocenters. The molecule has 0 bridgehead atoms. The monoisotopic (exact) mass is 303 g/mol. The summed E-state index contributed by atoms with van der Waals surface area (Å²) >= 11 is 3.51. The zero-order chi connectivity index (χ0) is 12.5. The smallest absolute Gasteiger partial charge is 0.148 e. The fourth-order valence-electron chi connectivity index (χ4n) is 2.28. The van der Waals surface area contributed by atoms with Gasteiger partial charge in [-0.1, -0.05) is 28.9 Å². The van der Waals surface area contributed by atoms with Gasteiger partial charge in [-0.2, -0.15) is 0 Å². The molecule has 4 heteroatoms. The van der Waals surface area contributed by atoms with E-state index in [2.05, 4.69) is 62.6 Å². The van der Waals surface area contributed by atoms with Gasteiger partial charge in [0.05, 0.1) is 5.69 Å². The van der Waals surface area contributed by atoms with Crippen LogP contribution in [-0.2, 0) is 6.42 Å². The molecule has 0 saturated carbocycles. The van der Waals surface area contributed by atoms with Gasteiger partial charge in [0.2, 0.25) is 0 Å². The van der Waals surface area contributed by atoms with Gasteiger partial charge >= 0.3 is 0 Å². The van der Waals surface area contributed by atoms with E-state index in [-0.39, 0.29) is 0 Å². The fourth-order valence-corrected chi connectivity index (χ4v) is 2.68. The normalized spacial score (nSPS) is 12.1. The third-order valence-electron chi connectivity index (χ3n) is 3.13. The summed E-state index contributed by atoms with van der Waals surface area (Å²) in [4.78, 5) is 0. The van der Waals surface area contributed by atoms with Crippen molar-refractivity contribution in [1.82, 2.24) is 10.2 Å². The molecule has 1 aliphatic rings. The van der Waals surface area contributed by atoms with E-state index in [0.717, 1.165) is 35.4 Å². The van der Waals surface area contributed by atoms with Gasteiger partial charge in [0.25, 0.3) is 0 Å². The van der Waals surface area contributed by atoms with Crippen LogP contribution >= 0.6 is 15.9 Å². The van der Waals surface area contributed by atoms with Gasteiger partial charge in [-0.15, -0.1) is 10.2 Å². The molecule has 1 aromatic carbocycles. The zero-order valence-corrected chi connectivity index (χ0v) is 11.8. The Morgan fingerprint density at radius 2 is 2.11 bits per heavy atom. The minimum Gasteiger partial charge on any atom is -0.369 e. The number of halogens is 1. The van der Waals surface area contributed by atoms with Crippen LogP contribution in [0.15, 0.2) is 28.7 Å². The van der Waals surface area contributed by atoms with E-state index in [1.165, 1.54) is 16.7 Å². The topological polar surface area (TPSA) is 37.8 Å². The Morgan fingerprint density at radius 1 is 1.22 bits per heavy atom. The van der Waals surface area contributed by atoms with Crippen molar-refractivity contribution in [2.24, 2.45) is 0 Å². The molecule has 18 heavy (non-hydrogen) atoms. The summed E-state index contributed by atoms with van der Waals surface area (Å²) in [5.74, 6) is 0.877. The SMILES string of the molecule is CCCNc1cc2c(nn1)-c1ccc(Br)cc1C2. The highest BCUT2D eigenvalue weighted by Gasteiger charge is 2.20. The molecule has 3 nitrogen and oxygen atoms in total. The van der Waals surface area contributed by atoms with Crippen molar-refractivity contribution in [2.75, 3.05) is 11.9 Å². The highest BCUT2D eigenvalue weighted by Crippen LogP contribution is 2.36. The lowest BCUT2D eigenvalue weighted by Crippen LogP contribution is -2.03. The van der Waals surface area contributed by atoms with Gasteiger partial charge in [-0.05, 0) is 35.7 Å². The predicted octanol–water partition coefficient (Wildman–Crippen LogP) is 3.63. The van der Waals surface area contributed by atoms with Gasteiger partial charge in [0, 0.05) is 23.0 Å². The zero-order valence-electron chi connectivity index (χ0n) is 10.2. The molecule has 0 fully saturated rings. The predicted molar refractivity (Wildman–Crippen MR) is 76.8 cm³/mol. The lowest BCUT2D eigenvalue weighted by Gasteiger charge is -2.04. The maximum absolute atomic E-state index is 4.36. The first-order chi connectivity index (χ1) is 8.78. The molecule has 0 spiro atoms. The van der Waals surface area contributed by atoms with Crippen LogP contribution in [-0.4, -0.2) is 16.7 Å². The molecule has 1 heterocycles. The molecule has 0 unspecified atom stereocenters. The van der Waals surface area contributed by atoms with E-state index >= 15 is 0 Å². The Morgan fingerprint density at radius 3 is 2.94 bits per heavy atom. The minimum atomic E-state index is 0.877. The molecule has 3 rings (SSSR count). The van der Waals surface area contributed by atoms with Crippen LogP contribution in [0.1, 0.15) is 24.5 Å². The fraction of sp³-hybridized carbons (Fsp3) is 0.286. The molecule has 1 aromatic heterocycles. The van der Waals surface area contributed by atoms with E-state index in [1.54, 1.807) is 0 Å². The van der Waals surface area contributed by atoms with Gasteiger partial charge in [-0.25, -0.2) is 0 Å². The number of hydrogen-bond donors (Lipinski definition) is 1. The highest BCUT2D eigenvalue weighted by molar-refractivity contribution is 9.10. The highest BCUT2D eigenvalue weighted by atomic mass is 79.9. The Balaban J connectivity index is 1.96. The number of hydrogen-bond acceptors (Lipinski definition) is 3. The minimum absolute atomic E-state index is 0.877. The Labute approximate surface area is 115 Å². The van der Waals surface area contributed by atoms with Crippen LogP contribution in [0.25, 0.3) is 11.3 Å². The summed E-state index contributed by atoms with van der Waals surface area (Å²) in [6, 6.07) is 8.44. The van der Waals surface area contributed by atoms with Crippen molar-refractivity contribution in [3.8, 4) is 11.3 Å². The standard InChI is InChI=1S/C14H14BrN3/c1-2-5-16-13-8-10-6-9-7-11(15)3-4-12(9)14(10)18-17-13/h3-4,7-8H,2,5-6H2,1H3,(H,16,17). The van der Waals surface area contributed by atoms with Crippen LogP contribution in [0.5, 0.6) is 0 Å². The second kappa shape index (κ2) is 4.69. The maximum atomic E-state index is 4.36. The molecule has 0 saturated heterocycles. The quantitative estimate of drug-likeness (QED) is 0.803. The summed E-state index contributed by atoms with van der Waals surface area (Å²) in [5.41, 5.74) is 4.82. The first-order valence-corrected chi connectivity index (χ1v) is 6.96. The molecule has 0 radical (unpaired) electrons. The largest absolute Gasteiger partial charge is 0.369 e. The maximum Gasteiger partial charge on any atom is 0.148 e. The van der Waals surface area contributed by atoms with E-state index in [1.807, 2.05) is 0 Å². The van der Waals surface area contributed by atoms with Gasteiger partial charge in [-0.3, -0.25) is 0 Å². The molecule has 1 N–H and O–H groups in total. The lowest BCUT2D eigenvalue weighted by atomic mass is 10.1. The van der Waals surface area contributed by atoms with Gasteiger partial charge < -0.3 is 5.32 Å². The van der Waals surface area contributed by atoms with Crippen molar-refractivity contribution in [3.63, 3.8) is 0 Å². The number of benzene rings is 1. The Kier molecular flexibility index (Phi) is 3.04. The van der Waals surface area contributed by atoms with Gasteiger partial charge in [0.15, 0.2) is 0 Å². The average molecular weight is 304 g/mol. The Bertz CT molecular complexity index is 596. The number of anilines is 1. The summed E-state index contributed by atoms with van der Waals surface area (Å²) in [6.07, 6.45) is 2.03. The Hall–Kier alpha value is -1.42. The van der Waals surface area contributed by atoms with Crippen molar-refractivity contribution in [1.29, 1.82) is 0 Å². The van der Waals surface area contributed by atoms with Crippen LogP contribution in [0.4, 0.5) is 5.82 Å². The van der Waals surface area contributed by atoms with Crippen molar-refractivity contribution >= 4 is 21.7 Å². The van der Waals surface area contributed by atoms with Crippen LogP contribution in [0.2, 0.25) is 0 Å². The van der Waals surface area contributed by atoms with Crippen molar-refractivity contribution < 1.29 is 0 Å². The number of nitrogens with one attached hydrogen (secondary N) is 1. The third-order valence-corrected chi connectivity index (χ3v) is 3.63. The number of nitrogens with zero attached hydrogens (tertiary/aromatic N) is 2. The third kappa shape index (κ3) is 2.01. The summed E-state index contributed by atoms with van der Waals surface area (Å²) in [5, 5.41) is 11.9. The molecule has 92 valence electrons. The summed E-state index contributed by atoms with van der Waals surface area (Å²) < 4.78 is 1.12. The van der Waals surface area contributed by atoms with Gasteiger partial charge in [0.1, 0.15) is 5.82 Å². The summed E-state index contributed by atoms with van der Waals surface area (Å²) in [7, 11) is 0. The van der Waals surface area contributed by atoms with Crippen LogP contribution in [0.3, 0.4) is 0 Å².